The van der Waals surface area contributed by atoms with Crippen molar-refractivity contribution < 1.29 is 29.0 Å². The molecule has 0 aliphatic heterocycles. The normalized spacial score (nSPS) is 11.9. The van der Waals surface area contributed by atoms with E-state index in [1.165, 1.54) is 48.9 Å². The second-order valence-corrected chi connectivity index (χ2v) is 13.7. The molecule has 0 spiro atoms. The van der Waals surface area contributed by atoms with Crippen molar-refractivity contribution in [2.75, 3.05) is 12.4 Å². The van der Waals surface area contributed by atoms with Gasteiger partial charge in [-0.25, -0.2) is 9.59 Å². The molecule has 0 bridgehead atoms. The number of carboxylic acids is 1. The smallest absolute Gasteiger partial charge is 0.343 e. The van der Waals surface area contributed by atoms with Gasteiger partial charge in [-0.3, -0.25) is 4.79 Å². The molecular weight excluding hydrogens is 524 g/mol. The minimum atomic E-state index is -1.05. The van der Waals surface area contributed by atoms with Crippen LogP contribution in [0.4, 0.5) is 0 Å². The van der Waals surface area contributed by atoms with Crippen LogP contribution in [0.5, 0.6) is 5.75 Å². The summed E-state index contributed by atoms with van der Waals surface area (Å²) in [5.74, 6) is 0.352. The standard InChI is InChI=1S/C33H46O6S/c1-22(2)12-10-9-11-17-38-28(34)21-40-20-23-18-26(32(3,4)5)29(27(19-23)33(6,7)8)39-31(37)25-15-13-24(14-16-25)30(35)36/h13-16,18-19,22H,9-12,17,20-21H2,1-8H3,(H,35,36). The zero-order valence-corrected chi connectivity index (χ0v) is 26.2. The Kier molecular flexibility index (Phi) is 12.3. The summed E-state index contributed by atoms with van der Waals surface area (Å²) in [6.07, 6.45) is 4.35. The summed E-state index contributed by atoms with van der Waals surface area (Å²) in [6.45, 7) is 17.3. The van der Waals surface area contributed by atoms with Crippen molar-refractivity contribution in [2.24, 2.45) is 5.92 Å². The lowest BCUT2D eigenvalue weighted by Gasteiger charge is -2.30. The zero-order valence-electron chi connectivity index (χ0n) is 25.4. The van der Waals surface area contributed by atoms with Gasteiger partial charge in [-0.1, -0.05) is 86.8 Å². The number of carboxylic acid groups (broad SMARTS) is 1. The summed E-state index contributed by atoms with van der Waals surface area (Å²) in [5, 5.41) is 9.16. The van der Waals surface area contributed by atoms with Gasteiger partial charge in [0.1, 0.15) is 5.75 Å². The number of esters is 2. The first-order valence-corrected chi connectivity index (χ1v) is 15.2. The molecule has 40 heavy (non-hydrogen) atoms. The van der Waals surface area contributed by atoms with Crippen LogP contribution in [-0.4, -0.2) is 35.4 Å². The largest absolute Gasteiger partial charge is 0.478 e. The zero-order chi connectivity index (χ0) is 30.1. The lowest BCUT2D eigenvalue weighted by Crippen LogP contribution is -2.22. The van der Waals surface area contributed by atoms with E-state index >= 15 is 0 Å². The number of carbonyl (C=O) groups is 3. The Balaban J connectivity index is 2.17. The van der Waals surface area contributed by atoms with Crippen molar-refractivity contribution in [3.63, 3.8) is 0 Å². The van der Waals surface area contributed by atoms with E-state index in [9.17, 15) is 14.4 Å². The van der Waals surface area contributed by atoms with E-state index in [2.05, 4.69) is 67.5 Å². The Morgan fingerprint density at radius 1 is 0.850 bits per heavy atom. The molecule has 6 nitrogen and oxygen atoms in total. The van der Waals surface area contributed by atoms with Crippen molar-refractivity contribution in [3.05, 3.63) is 64.2 Å². The molecule has 0 aromatic heterocycles. The molecular formula is C33H46O6S. The van der Waals surface area contributed by atoms with E-state index in [1.54, 1.807) is 0 Å². The van der Waals surface area contributed by atoms with Gasteiger partial charge >= 0.3 is 17.9 Å². The number of unbranched alkanes of at least 4 members (excludes halogenated alkanes) is 2. The summed E-state index contributed by atoms with van der Waals surface area (Å²) >= 11 is 1.52. The highest BCUT2D eigenvalue weighted by Crippen LogP contribution is 2.41. The fraction of sp³-hybridized carbons (Fsp3) is 0.545. The van der Waals surface area contributed by atoms with Crippen LogP contribution in [0.15, 0.2) is 36.4 Å². The molecule has 2 aromatic carbocycles. The van der Waals surface area contributed by atoms with Gasteiger partial charge in [0.2, 0.25) is 0 Å². The minimum absolute atomic E-state index is 0.106. The van der Waals surface area contributed by atoms with Crippen molar-refractivity contribution in [1.29, 1.82) is 0 Å². The van der Waals surface area contributed by atoms with Crippen molar-refractivity contribution >= 4 is 29.7 Å². The highest BCUT2D eigenvalue weighted by atomic mass is 32.2. The van der Waals surface area contributed by atoms with Crippen molar-refractivity contribution in [3.8, 4) is 5.75 Å². The molecule has 0 aliphatic rings. The van der Waals surface area contributed by atoms with Crippen LogP contribution in [0.1, 0.15) is 118 Å². The second kappa shape index (κ2) is 14.7. The Labute approximate surface area is 244 Å². The highest BCUT2D eigenvalue weighted by molar-refractivity contribution is 7.99. The average Bonchev–Trinajstić information content (AvgIpc) is 2.85. The third kappa shape index (κ3) is 10.6. The van der Waals surface area contributed by atoms with E-state index in [0.717, 1.165) is 29.5 Å². The predicted molar refractivity (Wildman–Crippen MR) is 163 cm³/mol. The van der Waals surface area contributed by atoms with Gasteiger partial charge in [-0.05, 0) is 53.0 Å². The number of thioether (sulfide) groups is 1. The monoisotopic (exact) mass is 570 g/mol. The Morgan fingerprint density at radius 3 is 1.90 bits per heavy atom. The molecule has 2 aromatic rings. The van der Waals surface area contributed by atoms with Crippen LogP contribution in [-0.2, 0) is 26.1 Å². The Bertz CT molecular complexity index is 1120. The first kappa shape index (κ1) is 33.4. The number of rotatable bonds is 13. The summed E-state index contributed by atoms with van der Waals surface area (Å²) < 4.78 is 11.5. The molecule has 0 saturated carbocycles. The molecule has 7 heteroatoms. The third-order valence-electron chi connectivity index (χ3n) is 6.50. The number of aromatic carboxylic acids is 1. The first-order valence-electron chi connectivity index (χ1n) is 14.1. The lowest BCUT2D eigenvalue weighted by molar-refractivity contribution is -0.140. The van der Waals surface area contributed by atoms with Crippen molar-refractivity contribution in [2.45, 2.75) is 97.7 Å². The quantitative estimate of drug-likeness (QED) is 0.147. The molecule has 1 N–H and O–H groups in total. The van der Waals surface area contributed by atoms with E-state index in [4.69, 9.17) is 14.6 Å². The third-order valence-corrected chi connectivity index (χ3v) is 7.48. The van der Waals surface area contributed by atoms with E-state index in [1.807, 2.05) is 0 Å². The van der Waals surface area contributed by atoms with E-state index in [-0.39, 0.29) is 33.7 Å². The van der Waals surface area contributed by atoms with Gasteiger partial charge in [0.15, 0.2) is 0 Å². The second-order valence-electron chi connectivity index (χ2n) is 12.7. The molecule has 0 fully saturated rings. The molecule has 2 rings (SSSR count). The van der Waals surface area contributed by atoms with Crippen LogP contribution in [0.2, 0.25) is 0 Å². The summed E-state index contributed by atoms with van der Waals surface area (Å²) in [6, 6.07) is 9.83. The van der Waals surface area contributed by atoms with Crippen molar-refractivity contribution in [1.82, 2.24) is 0 Å². The summed E-state index contributed by atoms with van der Waals surface area (Å²) in [7, 11) is 0. The van der Waals surface area contributed by atoms with Gasteiger partial charge in [0.05, 0.1) is 23.5 Å². The Morgan fingerprint density at radius 2 is 1.40 bits per heavy atom. The summed E-state index contributed by atoms with van der Waals surface area (Å²) in [5.41, 5.74) is 2.59. The van der Waals surface area contributed by atoms with Gasteiger partial charge in [-0.15, -0.1) is 11.8 Å². The highest BCUT2D eigenvalue weighted by Gasteiger charge is 2.29. The number of ether oxygens (including phenoxy) is 2. The van der Waals surface area contributed by atoms with Gasteiger partial charge in [0, 0.05) is 16.9 Å². The van der Waals surface area contributed by atoms with E-state index in [0.29, 0.717) is 24.0 Å². The summed E-state index contributed by atoms with van der Waals surface area (Å²) in [4.78, 5) is 36.6. The van der Waals surface area contributed by atoms with Crippen LogP contribution in [0.25, 0.3) is 0 Å². The number of carbonyl (C=O) groups excluding carboxylic acids is 2. The van der Waals surface area contributed by atoms with Crippen LogP contribution >= 0.6 is 11.8 Å². The number of benzene rings is 2. The Hall–Kier alpha value is -2.80. The van der Waals surface area contributed by atoms with Gasteiger partial charge in [-0.2, -0.15) is 0 Å². The first-order chi connectivity index (χ1) is 18.6. The molecule has 0 unspecified atom stereocenters. The SMILES string of the molecule is CC(C)CCCCCOC(=O)CSCc1cc(C(C)(C)C)c(OC(=O)c2ccc(C(=O)O)cc2)c(C(C)(C)C)c1. The molecule has 220 valence electrons. The predicted octanol–water partition coefficient (Wildman–Crippen LogP) is 8.19. The fourth-order valence-corrected chi connectivity index (χ4v) is 4.96. The minimum Gasteiger partial charge on any atom is -0.478 e. The molecule has 0 aliphatic carbocycles. The molecule has 0 saturated heterocycles. The fourth-order valence-electron chi connectivity index (χ4n) is 4.21. The molecule has 0 amide bonds. The van der Waals surface area contributed by atoms with Crippen LogP contribution in [0.3, 0.4) is 0 Å². The number of hydrogen-bond acceptors (Lipinski definition) is 6. The molecule has 0 radical (unpaired) electrons. The van der Waals surface area contributed by atoms with E-state index < -0.39 is 11.9 Å². The molecule has 0 atom stereocenters. The average molecular weight is 571 g/mol. The maximum atomic E-state index is 13.1. The number of hydrogen-bond donors (Lipinski definition) is 1. The van der Waals surface area contributed by atoms with Gasteiger partial charge < -0.3 is 14.6 Å². The topological polar surface area (TPSA) is 89.9 Å². The van der Waals surface area contributed by atoms with Gasteiger partial charge in [0.25, 0.3) is 0 Å². The van der Waals surface area contributed by atoms with Crippen LogP contribution in [0, 0.1) is 5.92 Å². The lowest BCUT2D eigenvalue weighted by atomic mass is 9.78. The molecule has 0 heterocycles. The maximum absolute atomic E-state index is 13.1. The van der Waals surface area contributed by atoms with Crippen LogP contribution < -0.4 is 4.74 Å². The maximum Gasteiger partial charge on any atom is 0.343 e.